The van der Waals surface area contributed by atoms with Crippen molar-refractivity contribution < 1.29 is 14.1 Å². The van der Waals surface area contributed by atoms with E-state index in [9.17, 15) is 4.79 Å². The third-order valence-corrected chi connectivity index (χ3v) is 4.03. The molecule has 7 heteroatoms. The van der Waals surface area contributed by atoms with Crippen LogP contribution in [0.3, 0.4) is 0 Å². The van der Waals surface area contributed by atoms with Crippen molar-refractivity contribution in [1.82, 2.24) is 19.9 Å². The lowest BCUT2D eigenvalue weighted by Gasteiger charge is -2.33. The Morgan fingerprint density at radius 1 is 1.42 bits per heavy atom. The number of carbonyl (C=O) groups is 1. The van der Waals surface area contributed by atoms with E-state index in [4.69, 9.17) is 9.26 Å². The number of hydrogen-bond acceptors (Lipinski definition) is 6. The molecule has 1 aromatic heterocycles. The van der Waals surface area contributed by atoms with Crippen LogP contribution in [-0.4, -0.2) is 59.7 Å². The number of aromatic nitrogens is 2. The number of rotatable bonds is 4. The van der Waals surface area contributed by atoms with Crippen molar-refractivity contribution in [3.8, 4) is 0 Å². The van der Waals surface area contributed by atoms with Crippen molar-refractivity contribution >= 4 is 5.91 Å². The van der Waals surface area contributed by atoms with Crippen LogP contribution in [0.1, 0.15) is 33.7 Å². The minimum absolute atomic E-state index is 0.00269. The molecule has 0 spiro atoms. The number of amides is 1. The van der Waals surface area contributed by atoms with Crippen LogP contribution in [-0.2, 0) is 11.3 Å². The second kappa shape index (κ2) is 7.11. The molecule has 1 amide bonds. The smallest absolute Gasteiger partial charge is 0.253 e. The maximum Gasteiger partial charge on any atom is 0.253 e. The average molecular weight is 330 g/mol. The minimum Gasteiger partial charge on any atom is -0.378 e. The van der Waals surface area contributed by atoms with E-state index in [0.717, 1.165) is 12.1 Å². The first-order chi connectivity index (χ1) is 11.5. The monoisotopic (exact) mass is 330 g/mol. The van der Waals surface area contributed by atoms with Gasteiger partial charge in [0.05, 0.1) is 13.2 Å². The number of carbonyl (C=O) groups excluding carboxylic acids is 1. The molecule has 1 unspecified atom stereocenters. The van der Waals surface area contributed by atoms with E-state index in [0.29, 0.717) is 37.0 Å². The third-order valence-electron chi connectivity index (χ3n) is 4.03. The SMILES string of the molecule is Cc1noc(C2COCCN2Cc2cccc(C(=O)N(C)C)c2)n1. The zero-order valence-electron chi connectivity index (χ0n) is 14.2. The number of benzene rings is 1. The van der Waals surface area contributed by atoms with Gasteiger partial charge in [0.1, 0.15) is 6.04 Å². The average Bonchev–Trinajstić information content (AvgIpc) is 3.01. The van der Waals surface area contributed by atoms with Crippen LogP contribution in [0.2, 0.25) is 0 Å². The van der Waals surface area contributed by atoms with E-state index in [2.05, 4.69) is 15.0 Å². The van der Waals surface area contributed by atoms with Crippen LogP contribution in [0.25, 0.3) is 0 Å². The molecule has 0 saturated carbocycles. The van der Waals surface area contributed by atoms with Gasteiger partial charge in [-0.15, -0.1) is 0 Å². The van der Waals surface area contributed by atoms with Crippen LogP contribution >= 0.6 is 0 Å². The van der Waals surface area contributed by atoms with Gasteiger partial charge in [-0.05, 0) is 24.6 Å². The van der Waals surface area contributed by atoms with Crippen molar-refractivity contribution in [1.29, 1.82) is 0 Å². The number of aryl methyl sites for hydroxylation is 1. The summed E-state index contributed by atoms with van der Waals surface area (Å²) in [6, 6.07) is 7.65. The second-order valence-electron chi connectivity index (χ2n) is 6.14. The predicted octanol–water partition coefficient (Wildman–Crippen LogP) is 1.65. The summed E-state index contributed by atoms with van der Waals surface area (Å²) in [5, 5.41) is 3.87. The number of ether oxygens (including phenoxy) is 1. The van der Waals surface area contributed by atoms with Gasteiger partial charge in [-0.25, -0.2) is 0 Å². The van der Waals surface area contributed by atoms with Crippen LogP contribution < -0.4 is 0 Å². The highest BCUT2D eigenvalue weighted by molar-refractivity contribution is 5.94. The fourth-order valence-corrected chi connectivity index (χ4v) is 2.80. The van der Waals surface area contributed by atoms with Crippen molar-refractivity contribution in [3.63, 3.8) is 0 Å². The normalized spacial score (nSPS) is 18.5. The Kier molecular flexibility index (Phi) is 4.92. The maximum absolute atomic E-state index is 12.1. The molecule has 1 fully saturated rings. The molecule has 1 aromatic carbocycles. The summed E-state index contributed by atoms with van der Waals surface area (Å²) in [4.78, 5) is 20.3. The first-order valence-corrected chi connectivity index (χ1v) is 7.97. The quantitative estimate of drug-likeness (QED) is 0.849. The van der Waals surface area contributed by atoms with E-state index in [1.165, 1.54) is 0 Å². The summed E-state index contributed by atoms with van der Waals surface area (Å²) in [5.74, 6) is 1.20. The first kappa shape index (κ1) is 16.6. The molecule has 0 radical (unpaired) electrons. The van der Waals surface area contributed by atoms with E-state index in [1.807, 2.05) is 24.3 Å². The lowest BCUT2D eigenvalue weighted by Crippen LogP contribution is -2.39. The Balaban J connectivity index is 1.78. The largest absolute Gasteiger partial charge is 0.378 e. The fraction of sp³-hybridized carbons (Fsp3) is 0.471. The van der Waals surface area contributed by atoms with Crippen molar-refractivity contribution in [2.24, 2.45) is 0 Å². The fourth-order valence-electron chi connectivity index (χ4n) is 2.80. The second-order valence-corrected chi connectivity index (χ2v) is 6.14. The lowest BCUT2D eigenvalue weighted by molar-refractivity contribution is -0.0241. The lowest BCUT2D eigenvalue weighted by atomic mass is 10.1. The van der Waals surface area contributed by atoms with Crippen LogP contribution in [0.4, 0.5) is 0 Å². The zero-order chi connectivity index (χ0) is 17.1. The number of morpholine rings is 1. The van der Waals surface area contributed by atoms with Gasteiger partial charge in [0.25, 0.3) is 5.91 Å². The molecular weight excluding hydrogens is 308 g/mol. The van der Waals surface area contributed by atoms with Crippen molar-refractivity contribution in [2.75, 3.05) is 33.9 Å². The highest BCUT2D eigenvalue weighted by Gasteiger charge is 2.29. The van der Waals surface area contributed by atoms with Crippen molar-refractivity contribution in [3.05, 3.63) is 47.1 Å². The van der Waals surface area contributed by atoms with Gasteiger partial charge in [-0.2, -0.15) is 4.98 Å². The maximum atomic E-state index is 12.1. The molecule has 128 valence electrons. The summed E-state index contributed by atoms with van der Waals surface area (Å²) < 4.78 is 10.9. The molecule has 2 heterocycles. The van der Waals surface area contributed by atoms with Gasteiger partial charge in [0.2, 0.25) is 5.89 Å². The molecule has 2 aromatic rings. The zero-order valence-corrected chi connectivity index (χ0v) is 14.2. The highest BCUT2D eigenvalue weighted by atomic mass is 16.5. The topological polar surface area (TPSA) is 71.7 Å². The van der Waals surface area contributed by atoms with E-state index >= 15 is 0 Å². The van der Waals surface area contributed by atoms with E-state index in [1.54, 1.807) is 25.9 Å². The van der Waals surface area contributed by atoms with Gasteiger partial charge in [-0.1, -0.05) is 17.3 Å². The molecule has 1 aliphatic rings. The van der Waals surface area contributed by atoms with Gasteiger partial charge in [0.15, 0.2) is 5.82 Å². The van der Waals surface area contributed by atoms with Crippen molar-refractivity contribution in [2.45, 2.75) is 19.5 Å². The molecule has 0 aliphatic carbocycles. The molecule has 1 atom stereocenters. The van der Waals surface area contributed by atoms with Crippen LogP contribution in [0.15, 0.2) is 28.8 Å². The summed E-state index contributed by atoms with van der Waals surface area (Å²) >= 11 is 0. The van der Waals surface area contributed by atoms with E-state index < -0.39 is 0 Å². The van der Waals surface area contributed by atoms with Gasteiger partial charge in [0, 0.05) is 32.7 Å². The molecule has 24 heavy (non-hydrogen) atoms. The standard InChI is InChI=1S/C17H22N4O3/c1-12-18-16(24-19-12)15-11-23-8-7-21(15)10-13-5-4-6-14(9-13)17(22)20(2)3/h4-6,9,15H,7-8,10-11H2,1-3H3. The molecule has 1 saturated heterocycles. The molecule has 1 aliphatic heterocycles. The minimum atomic E-state index is -0.0619. The molecule has 0 bridgehead atoms. The summed E-state index contributed by atoms with van der Waals surface area (Å²) in [5.41, 5.74) is 1.77. The molecule has 0 N–H and O–H groups in total. The number of hydrogen-bond donors (Lipinski definition) is 0. The molecule has 7 nitrogen and oxygen atoms in total. The first-order valence-electron chi connectivity index (χ1n) is 7.97. The van der Waals surface area contributed by atoms with Gasteiger partial charge >= 0.3 is 0 Å². The molecular formula is C17H22N4O3. The summed E-state index contributed by atoms with van der Waals surface area (Å²) in [6.07, 6.45) is 0. The Morgan fingerprint density at radius 2 is 2.25 bits per heavy atom. The Morgan fingerprint density at radius 3 is 2.96 bits per heavy atom. The van der Waals surface area contributed by atoms with Crippen LogP contribution in [0, 0.1) is 6.92 Å². The highest BCUT2D eigenvalue weighted by Crippen LogP contribution is 2.25. The number of nitrogens with zero attached hydrogens (tertiary/aromatic N) is 4. The third kappa shape index (κ3) is 3.63. The Labute approximate surface area is 141 Å². The predicted molar refractivity (Wildman–Crippen MR) is 87.5 cm³/mol. The Hall–Kier alpha value is -2.25. The Bertz CT molecular complexity index is 713. The van der Waals surface area contributed by atoms with Crippen LogP contribution in [0.5, 0.6) is 0 Å². The summed E-state index contributed by atoms with van der Waals surface area (Å²) in [7, 11) is 3.51. The van der Waals surface area contributed by atoms with Gasteiger partial charge in [-0.3, -0.25) is 9.69 Å². The molecule has 3 rings (SSSR count). The van der Waals surface area contributed by atoms with E-state index in [-0.39, 0.29) is 11.9 Å². The summed E-state index contributed by atoms with van der Waals surface area (Å²) in [6.45, 7) is 4.47. The van der Waals surface area contributed by atoms with Gasteiger partial charge < -0.3 is 14.2 Å².